The van der Waals surface area contributed by atoms with Gasteiger partial charge in [0.15, 0.2) is 17.5 Å². The minimum Gasteiger partial charge on any atom is -0.504 e. The van der Waals surface area contributed by atoms with Gasteiger partial charge < -0.3 is 20.5 Å². The number of phenols is 1. The maximum absolute atomic E-state index is 12.6. The summed E-state index contributed by atoms with van der Waals surface area (Å²) in [5.74, 6) is 0.909. The Morgan fingerprint density at radius 1 is 1.11 bits per heavy atom. The zero-order valence-corrected chi connectivity index (χ0v) is 17.8. The highest BCUT2D eigenvalue weighted by Gasteiger charge is 2.29. The number of aliphatic imine (C=N–C) groups is 1. The zero-order valence-electron chi connectivity index (χ0n) is 15.5. The van der Waals surface area contributed by atoms with Gasteiger partial charge in [0.1, 0.15) is 0 Å². The third-order valence-corrected chi connectivity index (χ3v) is 3.79. The van der Waals surface area contributed by atoms with Crippen molar-refractivity contribution in [3.8, 4) is 11.5 Å². The fourth-order valence-electron chi connectivity index (χ4n) is 2.37. The highest BCUT2D eigenvalue weighted by Crippen LogP contribution is 2.30. The summed E-state index contributed by atoms with van der Waals surface area (Å²) in [6, 6.07) is 10.1. The number of halogens is 4. The SMILES string of the molecule is CCNC(=NCc1ccc(C(F)(F)F)cc1)NCc1cccc(OC)c1O.I. The van der Waals surface area contributed by atoms with E-state index in [1.165, 1.54) is 19.2 Å². The smallest absolute Gasteiger partial charge is 0.416 e. The Balaban J connectivity index is 0.00000392. The van der Waals surface area contributed by atoms with Crippen molar-refractivity contribution in [1.29, 1.82) is 0 Å². The van der Waals surface area contributed by atoms with E-state index in [1.807, 2.05) is 6.92 Å². The summed E-state index contributed by atoms with van der Waals surface area (Å²) < 4.78 is 42.9. The van der Waals surface area contributed by atoms with Crippen LogP contribution in [0.3, 0.4) is 0 Å². The molecule has 2 aromatic rings. The third kappa shape index (κ3) is 6.77. The van der Waals surface area contributed by atoms with Gasteiger partial charge in [-0.2, -0.15) is 13.2 Å². The van der Waals surface area contributed by atoms with Crippen molar-refractivity contribution in [3.05, 3.63) is 59.2 Å². The van der Waals surface area contributed by atoms with E-state index in [4.69, 9.17) is 4.74 Å². The second-order valence-corrected chi connectivity index (χ2v) is 5.71. The molecule has 0 fully saturated rings. The number of benzene rings is 2. The van der Waals surface area contributed by atoms with Gasteiger partial charge in [-0.3, -0.25) is 0 Å². The summed E-state index contributed by atoms with van der Waals surface area (Å²) in [5, 5.41) is 16.2. The summed E-state index contributed by atoms with van der Waals surface area (Å²) in [7, 11) is 1.47. The molecule has 2 rings (SSSR count). The average Bonchev–Trinajstić information content (AvgIpc) is 2.64. The first-order valence-electron chi connectivity index (χ1n) is 8.38. The number of aromatic hydroxyl groups is 1. The first kappa shape index (κ1) is 23.9. The number of nitrogens with one attached hydrogen (secondary N) is 2. The molecule has 9 heteroatoms. The maximum atomic E-state index is 12.6. The number of hydrogen-bond acceptors (Lipinski definition) is 3. The Kier molecular flexibility index (Phi) is 9.36. The van der Waals surface area contributed by atoms with Crippen molar-refractivity contribution in [2.24, 2.45) is 4.99 Å². The fraction of sp³-hybridized carbons (Fsp3) is 0.316. The van der Waals surface area contributed by atoms with E-state index in [0.29, 0.717) is 35.9 Å². The number of phenolic OH excluding ortho intramolecular Hbond substituents is 1. The Morgan fingerprint density at radius 2 is 1.79 bits per heavy atom. The molecule has 0 saturated carbocycles. The lowest BCUT2D eigenvalue weighted by molar-refractivity contribution is -0.137. The van der Waals surface area contributed by atoms with E-state index < -0.39 is 11.7 Å². The number of rotatable bonds is 6. The Morgan fingerprint density at radius 3 is 2.36 bits per heavy atom. The van der Waals surface area contributed by atoms with Gasteiger partial charge >= 0.3 is 6.18 Å². The van der Waals surface area contributed by atoms with Gasteiger partial charge in [0.25, 0.3) is 0 Å². The monoisotopic (exact) mass is 509 g/mol. The van der Waals surface area contributed by atoms with Crippen LogP contribution in [0.2, 0.25) is 0 Å². The second kappa shape index (κ2) is 11.0. The number of para-hydroxylation sites is 1. The number of hydrogen-bond donors (Lipinski definition) is 3. The van der Waals surface area contributed by atoms with Gasteiger partial charge in [-0.15, -0.1) is 24.0 Å². The van der Waals surface area contributed by atoms with Crippen LogP contribution in [0.15, 0.2) is 47.5 Å². The minimum atomic E-state index is -4.35. The average molecular weight is 509 g/mol. The van der Waals surface area contributed by atoms with Gasteiger partial charge in [0, 0.05) is 18.7 Å². The predicted octanol–water partition coefficient (Wildman–Crippen LogP) is 4.29. The summed E-state index contributed by atoms with van der Waals surface area (Å²) >= 11 is 0. The van der Waals surface area contributed by atoms with Gasteiger partial charge in [-0.25, -0.2) is 4.99 Å². The van der Waals surface area contributed by atoms with Crippen LogP contribution in [0.25, 0.3) is 0 Å². The number of methoxy groups -OCH3 is 1. The quantitative estimate of drug-likeness (QED) is 0.309. The molecule has 3 N–H and O–H groups in total. The molecule has 2 aromatic carbocycles. The van der Waals surface area contributed by atoms with E-state index >= 15 is 0 Å². The van der Waals surface area contributed by atoms with Crippen LogP contribution in [0.1, 0.15) is 23.6 Å². The number of ether oxygens (including phenoxy) is 1. The number of guanidine groups is 1. The van der Waals surface area contributed by atoms with E-state index in [0.717, 1.165) is 12.1 Å². The van der Waals surface area contributed by atoms with Gasteiger partial charge in [0.2, 0.25) is 0 Å². The molecule has 0 radical (unpaired) electrons. The minimum absolute atomic E-state index is 0. The molecule has 0 aliphatic heterocycles. The molecule has 154 valence electrons. The van der Waals surface area contributed by atoms with Crippen molar-refractivity contribution < 1.29 is 23.0 Å². The molecule has 0 atom stereocenters. The molecule has 0 amide bonds. The van der Waals surface area contributed by atoms with E-state index in [2.05, 4.69) is 15.6 Å². The molecule has 0 bridgehead atoms. The fourth-order valence-corrected chi connectivity index (χ4v) is 2.37. The number of alkyl halides is 3. The first-order valence-corrected chi connectivity index (χ1v) is 8.38. The highest BCUT2D eigenvalue weighted by molar-refractivity contribution is 14.0. The van der Waals surface area contributed by atoms with Gasteiger partial charge in [-0.05, 0) is 30.7 Å². The van der Waals surface area contributed by atoms with Crippen LogP contribution >= 0.6 is 24.0 Å². The van der Waals surface area contributed by atoms with Crippen LogP contribution in [0.4, 0.5) is 13.2 Å². The third-order valence-electron chi connectivity index (χ3n) is 3.79. The molecule has 0 heterocycles. The van der Waals surface area contributed by atoms with Gasteiger partial charge in [0.05, 0.1) is 19.2 Å². The molecular formula is C19H23F3IN3O2. The molecule has 0 spiro atoms. The van der Waals surface area contributed by atoms with Crippen LogP contribution in [0.5, 0.6) is 11.5 Å². The molecule has 0 saturated heterocycles. The summed E-state index contributed by atoms with van der Waals surface area (Å²) in [6.45, 7) is 3.04. The topological polar surface area (TPSA) is 65.9 Å². The van der Waals surface area contributed by atoms with Crippen molar-refractivity contribution in [1.82, 2.24) is 10.6 Å². The lowest BCUT2D eigenvalue weighted by atomic mass is 10.1. The Bertz CT molecular complexity index is 781. The van der Waals surface area contributed by atoms with E-state index in [1.54, 1.807) is 18.2 Å². The van der Waals surface area contributed by atoms with Crippen molar-refractivity contribution >= 4 is 29.9 Å². The lowest BCUT2D eigenvalue weighted by Crippen LogP contribution is -2.36. The van der Waals surface area contributed by atoms with Crippen molar-refractivity contribution in [3.63, 3.8) is 0 Å². The molecule has 5 nitrogen and oxygen atoms in total. The first-order chi connectivity index (χ1) is 12.8. The van der Waals surface area contributed by atoms with Crippen LogP contribution in [0, 0.1) is 0 Å². The maximum Gasteiger partial charge on any atom is 0.416 e. The summed E-state index contributed by atoms with van der Waals surface area (Å²) in [4.78, 5) is 4.36. The summed E-state index contributed by atoms with van der Waals surface area (Å²) in [5.41, 5.74) is 0.604. The highest BCUT2D eigenvalue weighted by atomic mass is 127. The van der Waals surface area contributed by atoms with Crippen LogP contribution in [-0.4, -0.2) is 24.7 Å². The summed E-state index contributed by atoms with van der Waals surface area (Å²) in [6.07, 6.45) is -4.35. The van der Waals surface area contributed by atoms with Crippen LogP contribution in [-0.2, 0) is 19.3 Å². The largest absolute Gasteiger partial charge is 0.504 e. The lowest BCUT2D eigenvalue weighted by Gasteiger charge is -2.13. The molecule has 0 unspecified atom stereocenters. The van der Waals surface area contributed by atoms with Crippen LogP contribution < -0.4 is 15.4 Å². The Labute approximate surface area is 179 Å². The molecule has 0 aliphatic rings. The zero-order chi connectivity index (χ0) is 19.9. The predicted molar refractivity (Wildman–Crippen MR) is 113 cm³/mol. The van der Waals surface area contributed by atoms with Crippen molar-refractivity contribution in [2.45, 2.75) is 26.2 Å². The molecule has 0 aromatic heterocycles. The van der Waals surface area contributed by atoms with E-state index in [-0.39, 0.29) is 36.3 Å². The molecule has 0 aliphatic carbocycles. The molecular weight excluding hydrogens is 486 g/mol. The van der Waals surface area contributed by atoms with E-state index in [9.17, 15) is 18.3 Å². The molecule has 28 heavy (non-hydrogen) atoms. The van der Waals surface area contributed by atoms with Gasteiger partial charge in [-0.1, -0.05) is 24.3 Å². The standard InChI is InChI=1S/C19H22F3N3O2.HI/c1-3-23-18(25-12-14-5-4-6-16(27-2)17(14)26)24-11-13-7-9-15(10-8-13)19(20,21)22;/h4-10,26H,3,11-12H2,1-2H3,(H2,23,24,25);1H. The Hall–Kier alpha value is -2.17. The number of nitrogens with zero attached hydrogens (tertiary/aromatic N) is 1. The normalized spacial score (nSPS) is 11.5. The van der Waals surface area contributed by atoms with Crippen molar-refractivity contribution in [2.75, 3.05) is 13.7 Å². The second-order valence-electron chi connectivity index (χ2n) is 5.71.